The number of ketones is 1. The van der Waals surface area contributed by atoms with Gasteiger partial charge in [0.05, 0.1) is 6.61 Å². The highest BCUT2D eigenvalue weighted by Gasteiger charge is 2.58. The van der Waals surface area contributed by atoms with E-state index in [0.717, 1.165) is 0 Å². The van der Waals surface area contributed by atoms with Crippen LogP contribution in [0, 0.1) is 0 Å². The lowest BCUT2D eigenvalue weighted by Gasteiger charge is -2.33. The number of aliphatic hydroxyl groups excluding tert-OH is 4. The van der Waals surface area contributed by atoms with Crippen molar-refractivity contribution in [3.05, 3.63) is 0 Å². The number of aliphatic carboxylic acids is 1. The molecule has 0 aromatic heterocycles. The Balaban J connectivity index is 5.86. The first-order valence-electron chi connectivity index (χ1n) is 4.97. The maximum Gasteiger partial charge on any atom is 0.398 e. The Labute approximate surface area is 113 Å². The number of hydrogen-bond acceptors (Lipinski definition) is 9. The zero-order valence-corrected chi connectivity index (χ0v) is 10.9. The number of carbonyl (C=O) groups excluding carboxylic acids is 1. The van der Waals surface area contributed by atoms with Gasteiger partial charge in [0, 0.05) is 0 Å². The Morgan fingerprint density at radius 2 is 1.70 bits per heavy atom. The molecule has 0 aliphatic carbocycles. The van der Waals surface area contributed by atoms with E-state index in [9.17, 15) is 28.2 Å². The summed E-state index contributed by atoms with van der Waals surface area (Å²) < 4.78 is 33.5. The molecule has 6 N–H and O–H groups in total. The Morgan fingerprint density at radius 1 is 1.25 bits per heavy atom. The number of carboxylic acid groups (broad SMARTS) is 1. The van der Waals surface area contributed by atoms with E-state index in [-0.39, 0.29) is 0 Å². The molecule has 0 aliphatic heterocycles. The van der Waals surface area contributed by atoms with Gasteiger partial charge in [-0.2, -0.15) is 8.42 Å². The number of carbonyl (C=O) groups is 2. The van der Waals surface area contributed by atoms with Gasteiger partial charge in [-0.05, 0) is 6.92 Å². The van der Waals surface area contributed by atoms with Gasteiger partial charge < -0.3 is 25.5 Å². The fourth-order valence-electron chi connectivity index (χ4n) is 1.35. The number of Topliss-reactive ketones (excluding diaryl/α,β-unsaturated/α-hetero) is 1. The molecule has 118 valence electrons. The van der Waals surface area contributed by atoms with E-state index < -0.39 is 52.7 Å². The molecule has 0 radical (unpaired) electrons. The van der Waals surface area contributed by atoms with Gasteiger partial charge in [0.1, 0.15) is 18.3 Å². The summed E-state index contributed by atoms with van der Waals surface area (Å²) in [6.07, 6.45) is -7.32. The van der Waals surface area contributed by atoms with Crippen LogP contribution in [0.5, 0.6) is 0 Å². The molecule has 0 heterocycles. The number of carboxylic acids is 1. The molecule has 0 aromatic carbocycles. The summed E-state index contributed by atoms with van der Waals surface area (Å²) in [4.78, 5) is 22.4. The van der Waals surface area contributed by atoms with Crippen molar-refractivity contribution in [1.29, 1.82) is 0 Å². The summed E-state index contributed by atoms with van der Waals surface area (Å²) in [5, 5.41) is 45.5. The third-order valence-corrected chi connectivity index (χ3v) is 2.87. The van der Waals surface area contributed by atoms with E-state index in [1.165, 1.54) is 0 Å². The number of aliphatic hydroxyl groups is 4. The molecule has 0 rings (SSSR count). The predicted octanol–water partition coefficient (Wildman–Crippen LogP) is -3.71. The third kappa shape index (κ3) is 3.92. The molecule has 0 spiro atoms. The highest BCUT2D eigenvalue weighted by atomic mass is 32.3. The van der Waals surface area contributed by atoms with Gasteiger partial charge in [0.25, 0.3) is 5.60 Å². The first kappa shape index (κ1) is 18.9. The molecule has 0 saturated carbocycles. The lowest BCUT2D eigenvalue weighted by molar-refractivity contribution is -0.187. The summed E-state index contributed by atoms with van der Waals surface area (Å²) >= 11 is 0. The monoisotopic (exact) mass is 318 g/mol. The van der Waals surface area contributed by atoms with Crippen molar-refractivity contribution in [2.45, 2.75) is 30.8 Å². The summed E-state index contributed by atoms with van der Waals surface area (Å²) in [5.74, 6) is -3.92. The van der Waals surface area contributed by atoms with Crippen molar-refractivity contribution in [1.82, 2.24) is 0 Å². The normalized spacial score (nSPS) is 19.7. The molecule has 20 heavy (non-hydrogen) atoms. The van der Waals surface area contributed by atoms with Crippen LogP contribution < -0.4 is 0 Å². The molecule has 11 nitrogen and oxygen atoms in total. The number of hydrogen-bond donors (Lipinski definition) is 6. The SMILES string of the molecule is CC(=O)[C@@](OS(=O)(=O)O)(C(=O)O)[C@@H](O)[C@H](O)[C@H](O)CO. The van der Waals surface area contributed by atoms with Crippen LogP contribution in [0.3, 0.4) is 0 Å². The van der Waals surface area contributed by atoms with Gasteiger partial charge in [-0.15, -0.1) is 0 Å². The smallest absolute Gasteiger partial charge is 0.398 e. The van der Waals surface area contributed by atoms with Crippen LogP contribution in [-0.4, -0.2) is 80.8 Å². The second kappa shape index (κ2) is 6.53. The molecule has 0 fully saturated rings. The van der Waals surface area contributed by atoms with Gasteiger partial charge in [0.2, 0.25) is 0 Å². The Morgan fingerprint density at radius 3 is 1.95 bits per heavy atom. The van der Waals surface area contributed by atoms with Crippen molar-refractivity contribution in [3.8, 4) is 0 Å². The van der Waals surface area contributed by atoms with Crippen LogP contribution in [0.4, 0.5) is 0 Å². The molecule has 12 heteroatoms. The Bertz CT molecular complexity index is 455. The van der Waals surface area contributed by atoms with Gasteiger partial charge in [0.15, 0.2) is 5.78 Å². The van der Waals surface area contributed by atoms with Crippen molar-refractivity contribution in [2.24, 2.45) is 0 Å². The van der Waals surface area contributed by atoms with E-state index in [0.29, 0.717) is 6.92 Å². The van der Waals surface area contributed by atoms with Gasteiger partial charge in [-0.25, -0.2) is 8.98 Å². The van der Waals surface area contributed by atoms with Gasteiger partial charge >= 0.3 is 16.4 Å². The molecule has 0 aromatic rings. The summed E-state index contributed by atoms with van der Waals surface area (Å²) in [7, 11) is -5.50. The zero-order chi connectivity index (χ0) is 16.3. The van der Waals surface area contributed by atoms with E-state index in [2.05, 4.69) is 4.18 Å². The van der Waals surface area contributed by atoms with E-state index in [1.807, 2.05) is 0 Å². The highest BCUT2D eigenvalue weighted by Crippen LogP contribution is 2.25. The maximum absolute atomic E-state index is 11.3. The summed E-state index contributed by atoms with van der Waals surface area (Å²) in [6.45, 7) is -0.613. The summed E-state index contributed by atoms with van der Waals surface area (Å²) in [5.41, 5.74) is -3.58. The molecule has 0 saturated heterocycles. The van der Waals surface area contributed by atoms with Gasteiger partial charge in [-0.3, -0.25) is 9.35 Å². The standard InChI is InChI=1S/C8H14O11S/c1-3(10)8(7(14)15,19-20(16,17)18)6(13)5(12)4(11)2-9/h4-6,9,11-13H,2H2,1H3,(H,14,15)(H,16,17,18)/t4-,5-,6+,8+/m1/s1. The lowest BCUT2D eigenvalue weighted by Crippen LogP contribution is -2.63. The van der Waals surface area contributed by atoms with E-state index in [4.69, 9.17) is 19.9 Å². The average Bonchev–Trinajstić information content (AvgIpc) is 2.31. The Kier molecular flexibility index (Phi) is 6.16. The van der Waals surface area contributed by atoms with Crippen molar-refractivity contribution < 1.29 is 52.3 Å². The van der Waals surface area contributed by atoms with Gasteiger partial charge in [-0.1, -0.05) is 0 Å². The minimum Gasteiger partial charge on any atom is -0.479 e. The second-order valence-corrected chi connectivity index (χ2v) is 4.82. The molecule has 0 unspecified atom stereocenters. The predicted molar refractivity (Wildman–Crippen MR) is 58.8 cm³/mol. The highest BCUT2D eigenvalue weighted by molar-refractivity contribution is 7.81. The molecule has 0 amide bonds. The average molecular weight is 318 g/mol. The second-order valence-electron chi connectivity index (χ2n) is 3.79. The van der Waals surface area contributed by atoms with Crippen LogP contribution in [0.1, 0.15) is 6.92 Å². The first-order chi connectivity index (χ1) is 8.90. The Hall–Kier alpha value is -1.15. The van der Waals surface area contributed by atoms with Crippen LogP contribution in [0.2, 0.25) is 0 Å². The largest absolute Gasteiger partial charge is 0.479 e. The van der Waals surface area contributed by atoms with Crippen LogP contribution in [-0.2, 0) is 24.2 Å². The molecular weight excluding hydrogens is 304 g/mol. The maximum atomic E-state index is 11.3. The quantitative estimate of drug-likeness (QED) is 0.190. The van der Waals surface area contributed by atoms with Crippen LogP contribution >= 0.6 is 0 Å². The molecule has 4 atom stereocenters. The van der Waals surface area contributed by atoms with Crippen molar-refractivity contribution >= 4 is 22.2 Å². The topological polar surface area (TPSA) is 199 Å². The molecular formula is C8H14O11S. The van der Waals surface area contributed by atoms with E-state index >= 15 is 0 Å². The van der Waals surface area contributed by atoms with Crippen molar-refractivity contribution in [3.63, 3.8) is 0 Å². The zero-order valence-electron chi connectivity index (χ0n) is 10.1. The molecule has 0 bridgehead atoms. The first-order valence-corrected chi connectivity index (χ1v) is 6.34. The fourth-order valence-corrected chi connectivity index (χ4v) is 1.97. The minimum atomic E-state index is -5.50. The van der Waals surface area contributed by atoms with Crippen LogP contribution in [0.15, 0.2) is 0 Å². The number of rotatable bonds is 8. The fraction of sp³-hybridized carbons (Fsp3) is 0.750. The van der Waals surface area contributed by atoms with Crippen LogP contribution in [0.25, 0.3) is 0 Å². The lowest BCUT2D eigenvalue weighted by atomic mass is 9.87. The summed E-state index contributed by atoms with van der Waals surface area (Å²) in [6, 6.07) is 0. The molecule has 0 aliphatic rings. The van der Waals surface area contributed by atoms with Crippen molar-refractivity contribution in [2.75, 3.05) is 6.61 Å². The third-order valence-electron chi connectivity index (χ3n) is 2.40. The van der Waals surface area contributed by atoms with E-state index in [1.54, 1.807) is 0 Å². The minimum absolute atomic E-state index is 0.514.